The van der Waals surface area contributed by atoms with E-state index in [1.54, 1.807) is 0 Å². The lowest BCUT2D eigenvalue weighted by Gasteiger charge is -2.46. The van der Waals surface area contributed by atoms with Crippen molar-refractivity contribution in [2.75, 3.05) is 6.61 Å². The lowest BCUT2D eigenvalue weighted by molar-refractivity contribution is -0.153. The maximum absolute atomic E-state index is 6.17. The molecule has 3 rings (SSSR count). The first-order valence-corrected chi connectivity index (χ1v) is 8.11. The van der Waals surface area contributed by atoms with Crippen LogP contribution in [0.4, 0.5) is 0 Å². The van der Waals surface area contributed by atoms with E-state index in [4.69, 9.17) is 9.47 Å². The van der Waals surface area contributed by atoms with Crippen LogP contribution < -0.4 is 4.74 Å². The van der Waals surface area contributed by atoms with Gasteiger partial charge in [-0.15, -0.1) is 0 Å². The Hall–Kier alpha value is -1.02. The molecule has 1 aliphatic heterocycles. The third kappa shape index (κ3) is 2.85. The average molecular weight is 274 g/mol. The van der Waals surface area contributed by atoms with E-state index in [0.29, 0.717) is 12.0 Å². The van der Waals surface area contributed by atoms with E-state index in [-0.39, 0.29) is 5.60 Å². The molecule has 2 aliphatic rings. The minimum Gasteiger partial charge on any atom is -0.490 e. The molecule has 1 saturated carbocycles. The zero-order valence-corrected chi connectivity index (χ0v) is 12.7. The number of hydrogen-bond acceptors (Lipinski definition) is 2. The third-order valence-electron chi connectivity index (χ3n) is 5.08. The monoisotopic (exact) mass is 274 g/mol. The number of ether oxygens (including phenoxy) is 2. The van der Waals surface area contributed by atoms with Crippen LogP contribution in [0.2, 0.25) is 0 Å². The summed E-state index contributed by atoms with van der Waals surface area (Å²) in [6.45, 7) is 5.36. The molecule has 110 valence electrons. The highest BCUT2D eigenvalue weighted by molar-refractivity contribution is 5.29. The SMILES string of the molecule is CCC(C)c1ccc(OC2CCOC3(CCC3)C2)cc1. The molecule has 2 unspecified atom stereocenters. The Labute approximate surface area is 122 Å². The summed E-state index contributed by atoms with van der Waals surface area (Å²) < 4.78 is 12.1. The number of hydrogen-bond donors (Lipinski definition) is 0. The van der Waals surface area contributed by atoms with Crippen molar-refractivity contribution in [3.8, 4) is 5.75 Å². The Morgan fingerprint density at radius 1 is 1.30 bits per heavy atom. The Balaban J connectivity index is 1.60. The van der Waals surface area contributed by atoms with Crippen LogP contribution in [0.5, 0.6) is 5.75 Å². The Morgan fingerprint density at radius 3 is 2.65 bits per heavy atom. The van der Waals surface area contributed by atoms with E-state index in [9.17, 15) is 0 Å². The summed E-state index contributed by atoms with van der Waals surface area (Å²) in [6, 6.07) is 8.68. The van der Waals surface area contributed by atoms with Crippen molar-refractivity contribution in [1.29, 1.82) is 0 Å². The summed E-state index contributed by atoms with van der Waals surface area (Å²) in [5.41, 5.74) is 1.57. The van der Waals surface area contributed by atoms with Gasteiger partial charge in [-0.05, 0) is 49.3 Å². The summed E-state index contributed by atoms with van der Waals surface area (Å²) in [6.07, 6.45) is 7.37. The molecule has 2 nitrogen and oxygen atoms in total. The molecule has 2 heteroatoms. The van der Waals surface area contributed by atoms with Crippen LogP contribution in [-0.4, -0.2) is 18.3 Å². The summed E-state index contributed by atoms with van der Waals surface area (Å²) in [5, 5.41) is 0. The minimum atomic E-state index is 0.166. The molecule has 0 amide bonds. The van der Waals surface area contributed by atoms with E-state index in [1.165, 1.54) is 31.2 Å². The van der Waals surface area contributed by atoms with E-state index < -0.39 is 0 Å². The van der Waals surface area contributed by atoms with Gasteiger partial charge in [-0.3, -0.25) is 0 Å². The van der Waals surface area contributed by atoms with Crippen LogP contribution >= 0.6 is 0 Å². The summed E-state index contributed by atoms with van der Waals surface area (Å²) in [4.78, 5) is 0. The topological polar surface area (TPSA) is 18.5 Å². The number of benzene rings is 1. The quantitative estimate of drug-likeness (QED) is 0.793. The molecule has 1 heterocycles. The van der Waals surface area contributed by atoms with Crippen molar-refractivity contribution in [2.24, 2.45) is 0 Å². The molecule has 2 atom stereocenters. The van der Waals surface area contributed by atoms with Crippen LogP contribution in [0, 0.1) is 0 Å². The molecule has 0 N–H and O–H groups in total. The highest BCUT2D eigenvalue weighted by atomic mass is 16.5. The summed E-state index contributed by atoms with van der Waals surface area (Å²) in [7, 11) is 0. The van der Waals surface area contributed by atoms with Gasteiger partial charge in [0.25, 0.3) is 0 Å². The maximum Gasteiger partial charge on any atom is 0.119 e. The van der Waals surface area contributed by atoms with Gasteiger partial charge in [0.2, 0.25) is 0 Å². The Bertz CT molecular complexity index is 433. The minimum absolute atomic E-state index is 0.166. The summed E-state index contributed by atoms with van der Waals surface area (Å²) in [5.74, 6) is 1.64. The lowest BCUT2D eigenvalue weighted by atomic mass is 9.74. The smallest absolute Gasteiger partial charge is 0.119 e. The second kappa shape index (κ2) is 5.77. The van der Waals surface area contributed by atoms with E-state index >= 15 is 0 Å². The van der Waals surface area contributed by atoms with Crippen LogP contribution in [0.1, 0.15) is 63.9 Å². The molecular weight excluding hydrogens is 248 g/mol. The molecular formula is C18H26O2. The first-order valence-electron chi connectivity index (χ1n) is 8.11. The van der Waals surface area contributed by atoms with Crippen molar-refractivity contribution in [3.63, 3.8) is 0 Å². The molecule has 1 aliphatic carbocycles. The third-order valence-corrected chi connectivity index (χ3v) is 5.08. The molecule has 2 fully saturated rings. The standard InChI is InChI=1S/C18H26O2/c1-3-14(2)15-5-7-16(8-6-15)20-17-9-12-19-18(13-17)10-4-11-18/h5-8,14,17H,3-4,9-13H2,1-2H3. The van der Waals surface area contributed by atoms with Gasteiger partial charge in [-0.2, -0.15) is 0 Å². The van der Waals surface area contributed by atoms with Gasteiger partial charge < -0.3 is 9.47 Å². The van der Waals surface area contributed by atoms with Gasteiger partial charge in [-0.25, -0.2) is 0 Å². The van der Waals surface area contributed by atoms with Gasteiger partial charge in [0.15, 0.2) is 0 Å². The van der Waals surface area contributed by atoms with Gasteiger partial charge in [0.1, 0.15) is 11.9 Å². The normalized spacial score (nSPS) is 26.0. The fraction of sp³-hybridized carbons (Fsp3) is 0.667. The maximum atomic E-state index is 6.17. The van der Waals surface area contributed by atoms with Crippen molar-refractivity contribution in [3.05, 3.63) is 29.8 Å². The Morgan fingerprint density at radius 2 is 2.05 bits per heavy atom. The first-order chi connectivity index (χ1) is 9.71. The molecule has 0 aromatic heterocycles. The molecule has 1 aromatic rings. The fourth-order valence-corrected chi connectivity index (χ4v) is 3.31. The van der Waals surface area contributed by atoms with Crippen LogP contribution in [0.15, 0.2) is 24.3 Å². The molecule has 1 spiro atoms. The zero-order valence-electron chi connectivity index (χ0n) is 12.7. The average Bonchev–Trinajstić information content (AvgIpc) is 2.46. The van der Waals surface area contributed by atoms with E-state index in [2.05, 4.69) is 38.1 Å². The van der Waals surface area contributed by atoms with E-state index in [1.807, 2.05) is 0 Å². The van der Waals surface area contributed by atoms with E-state index in [0.717, 1.165) is 25.2 Å². The zero-order chi connectivity index (χ0) is 14.0. The fourth-order valence-electron chi connectivity index (χ4n) is 3.31. The van der Waals surface area contributed by atoms with Gasteiger partial charge in [0.05, 0.1) is 12.2 Å². The van der Waals surface area contributed by atoms with Crippen LogP contribution in [0.25, 0.3) is 0 Å². The largest absolute Gasteiger partial charge is 0.490 e. The number of rotatable bonds is 4. The van der Waals surface area contributed by atoms with Crippen molar-refractivity contribution in [2.45, 2.75) is 70.0 Å². The van der Waals surface area contributed by atoms with Crippen molar-refractivity contribution >= 4 is 0 Å². The van der Waals surface area contributed by atoms with Crippen LogP contribution in [-0.2, 0) is 4.74 Å². The molecule has 20 heavy (non-hydrogen) atoms. The summed E-state index contributed by atoms with van der Waals surface area (Å²) >= 11 is 0. The second-order valence-electron chi connectivity index (χ2n) is 6.50. The van der Waals surface area contributed by atoms with Crippen molar-refractivity contribution in [1.82, 2.24) is 0 Å². The predicted molar refractivity (Wildman–Crippen MR) is 81.3 cm³/mol. The highest BCUT2D eigenvalue weighted by Gasteiger charge is 2.43. The predicted octanol–water partition coefficient (Wildman–Crippen LogP) is 4.68. The van der Waals surface area contributed by atoms with Gasteiger partial charge in [0, 0.05) is 12.8 Å². The van der Waals surface area contributed by atoms with Crippen LogP contribution in [0.3, 0.4) is 0 Å². The highest BCUT2D eigenvalue weighted by Crippen LogP contribution is 2.43. The first kappa shape index (κ1) is 13.9. The second-order valence-corrected chi connectivity index (χ2v) is 6.50. The molecule has 0 bridgehead atoms. The molecule has 0 radical (unpaired) electrons. The van der Waals surface area contributed by atoms with Gasteiger partial charge >= 0.3 is 0 Å². The molecule has 1 saturated heterocycles. The van der Waals surface area contributed by atoms with Gasteiger partial charge in [-0.1, -0.05) is 26.0 Å². The molecule has 1 aromatic carbocycles. The lowest BCUT2D eigenvalue weighted by Crippen LogP contribution is -2.48. The Kier molecular flexibility index (Phi) is 4.02. The van der Waals surface area contributed by atoms with Crippen molar-refractivity contribution < 1.29 is 9.47 Å².